The lowest BCUT2D eigenvalue weighted by atomic mass is 9.82. The lowest BCUT2D eigenvalue weighted by Crippen LogP contribution is -2.38. The van der Waals surface area contributed by atoms with Crippen LogP contribution in [0.5, 0.6) is 0 Å². The van der Waals surface area contributed by atoms with Crippen LogP contribution >= 0.6 is 11.8 Å². The van der Waals surface area contributed by atoms with Gasteiger partial charge < -0.3 is 0 Å². The second kappa shape index (κ2) is 5.35. The molecule has 2 aliphatic heterocycles. The molecule has 3 aliphatic rings. The predicted molar refractivity (Wildman–Crippen MR) is 97.6 cm³/mol. The third-order valence-electron chi connectivity index (χ3n) is 4.95. The van der Waals surface area contributed by atoms with Gasteiger partial charge in [0.05, 0.1) is 17.5 Å². The van der Waals surface area contributed by atoms with Crippen molar-refractivity contribution in [1.29, 1.82) is 0 Å². The van der Waals surface area contributed by atoms with Crippen LogP contribution in [0.25, 0.3) is 5.70 Å². The molecule has 118 valence electrons. The highest BCUT2D eigenvalue weighted by Crippen LogP contribution is 2.47. The normalized spacial score (nSPS) is 22.0. The molecule has 0 N–H and O–H groups in total. The van der Waals surface area contributed by atoms with Gasteiger partial charge >= 0.3 is 0 Å². The number of aliphatic imine (C=N–C) groups is 1. The maximum Gasteiger partial charge on any atom is 0.239 e. The zero-order valence-electron chi connectivity index (χ0n) is 13.1. The highest BCUT2D eigenvalue weighted by Gasteiger charge is 2.42. The van der Waals surface area contributed by atoms with E-state index < -0.39 is 0 Å². The van der Waals surface area contributed by atoms with E-state index in [2.05, 4.69) is 36.4 Å². The second-order valence-corrected chi connectivity index (χ2v) is 7.23. The van der Waals surface area contributed by atoms with Gasteiger partial charge in [-0.2, -0.15) is 0 Å². The number of aryl methyl sites for hydroxylation is 1. The third kappa shape index (κ3) is 1.99. The Morgan fingerprint density at radius 1 is 1.00 bits per heavy atom. The van der Waals surface area contributed by atoms with Crippen molar-refractivity contribution < 1.29 is 4.79 Å². The lowest BCUT2D eigenvalue weighted by molar-refractivity contribution is -0.125. The molecule has 0 aromatic heterocycles. The van der Waals surface area contributed by atoms with Crippen molar-refractivity contribution in [3.05, 3.63) is 76.9 Å². The summed E-state index contributed by atoms with van der Waals surface area (Å²) in [6, 6.07) is 18.9. The smallest absolute Gasteiger partial charge is 0.239 e. The number of carbonyl (C=O) groups is 1. The number of carbonyl (C=O) groups excluding carboxylic acids is 1. The Morgan fingerprint density at radius 3 is 2.67 bits per heavy atom. The number of nitrogens with zero attached hydrogens (tertiary/aromatic N) is 2. The molecular formula is C20H16N2OS. The minimum atomic E-state index is -0.00967. The molecule has 2 aromatic rings. The van der Waals surface area contributed by atoms with Crippen LogP contribution in [0.1, 0.15) is 29.2 Å². The van der Waals surface area contributed by atoms with Crippen LogP contribution in [0, 0.1) is 0 Å². The molecule has 0 saturated carbocycles. The van der Waals surface area contributed by atoms with Gasteiger partial charge in [0, 0.05) is 5.56 Å². The number of thioether (sulfide) groups is 1. The monoisotopic (exact) mass is 332 g/mol. The molecule has 1 atom stereocenters. The standard InChI is InChI=1S/C20H16N2OS/c23-17-12-24-20-21-18-15-9-5-4-6-13(15)10-11-16(18)19(22(17)20)14-7-2-1-3-8-14/h1-9,19H,10-12H2/t19-/m0/s1. The first-order valence-corrected chi connectivity index (χ1v) is 9.21. The number of hydrogen-bond acceptors (Lipinski definition) is 3. The number of hydrogen-bond donors (Lipinski definition) is 0. The molecule has 24 heavy (non-hydrogen) atoms. The van der Waals surface area contributed by atoms with Gasteiger partial charge in [-0.3, -0.25) is 9.69 Å². The Kier molecular flexibility index (Phi) is 3.13. The summed E-state index contributed by atoms with van der Waals surface area (Å²) in [5.41, 5.74) is 6.12. The maximum absolute atomic E-state index is 12.5. The highest BCUT2D eigenvalue weighted by atomic mass is 32.2. The van der Waals surface area contributed by atoms with Crippen molar-refractivity contribution in [2.75, 3.05) is 5.75 Å². The fraction of sp³-hybridized carbons (Fsp3) is 0.200. The Labute approximate surface area is 145 Å². The molecule has 4 heteroatoms. The summed E-state index contributed by atoms with van der Waals surface area (Å²) < 4.78 is 0. The predicted octanol–water partition coefficient (Wildman–Crippen LogP) is 4.03. The van der Waals surface area contributed by atoms with Crippen LogP contribution in [0.4, 0.5) is 0 Å². The zero-order valence-corrected chi connectivity index (χ0v) is 13.9. The van der Waals surface area contributed by atoms with E-state index in [-0.39, 0.29) is 11.9 Å². The van der Waals surface area contributed by atoms with E-state index in [9.17, 15) is 4.79 Å². The van der Waals surface area contributed by atoms with Crippen molar-refractivity contribution in [2.45, 2.75) is 18.9 Å². The van der Waals surface area contributed by atoms with Crippen LogP contribution in [0.2, 0.25) is 0 Å². The lowest BCUT2D eigenvalue weighted by Gasteiger charge is -2.37. The molecule has 1 amide bonds. The van der Waals surface area contributed by atoms with Crippen LogP contribution < -0.4 is 0 Å². The van der Waals surface area contributed by atoms with Gasteiger partial charge in [0.25, 0.3) is 0 Å². The first kappa shape index (κ1) is 14.1. The van der Waals surface area contributed by atoms with E-state index in [4.69, 9.17) is 4.99 Å². The van der Waals surface area contributed by atoms with E-state index in [0.717, 1.165) is 23.7 Å². The molecular weight excluding hydrogens is 316 g/mol. The van der Waals surface area contributed by atoms with Crippen LogP contribution in [-0.4, -0.2) is 21.7 Å². The number of fused-ring (bicyclic) bond motifs is 3. The third-order valence-corrected chi connectivity index (χ3v) is 5.89. The van der Waals surface area contributed by atoms with Crippen molar-refractivity contribution in [2.24, 2.45) is 4.99 Å². The molecule has 0 spiro atoms. The quantitative estimate of drug-likeness (QED) is 0.790. The summed E-state index contributed by atoms with van der Waals surface area (Å²) in [6.45, 7) is 0. The minimum Gasteiger partial charge on any atom is -0.279 e. The largest absolute Gasteiger partial charge is 0.279 e. The Bertz CT molecular complexity index is 901. The van der Waals surface area contributed by atoms with Gasteiger partial charge in [0.1, 0.15) is 0 Å². The summed E-state index contributed by atoms with van der Waals surface area (Å²) in [4.78, 5) is 19.3. The number of amides is 1. The maximum atomic E-state index is 12.5. The highest BCUT2D eigenvalue weighted by molar-refractivity contribution is 8.15. The minimum absolute atomic E-state index is 0.00967. The van der Waals surface area contributed by atoms with Crippen molar-refractivity contribution in [1.82, 2.24) is 4.90 Å². The molecule has 2 heterocycles. The summed E-state index contributed by atoms with van der Waals surface area (Å²) >= 11 is 1.56. The van der Waals surface area contributed by atoms with Gasteiger partial charge in [-0.1, -0.05) is 66.4 Å². The molecule has 1 fully saturated rings. The molecule has 3 nitrogen and oxygen atoms in total. The van der Waals surface area contributed by atoms with Crippen molar-refractivity contribution in [3.8, 4) is 0 Å². The second-order valence-electron chi connectivity index (χ2n) is 6.29. The average molecular weight is 332 g/mol. The Morgan fingerprint density at radius 2 is 1.79 bits per heavy atom. The van der Waals surface area contributed by atoms with Gasteiger partial charge in [-0.05, 0) is 29.5 Å². The summed E-state index contributed by atoms with van der Waals surface area (Å²) in [7, 11) is 0. The van der Waals surface area contributed by atoms with E-state index in [1.807, 2.05) is 23.1 Å². The molecule has 5 rings (SSSR count). The molecule has 0 radical (unpaired) electrons. The fourth-order valence-electron chi connectivity index (χ4n) is 3.88. The van der Waals surface area contributed by atoms with E-state index >= 15 is 0 Å². The van der Waals surface area contributed by atoms with Crippen molar-refractivity contribution >= 4 is 28.5 Å². The first-order valence-electron chi connectivity index (χ1n) is 8.23. The first-order chi connectivity index (χ1) is 11.8. The Hall–Kier alpha value is -2.33. The van der Waals surface area contributed by atoms with Gasteiger partial charge in [-0.25, -0.2) is 4.99 Å². The van der Waals surface area contributed by atoms with Crippen LogP contribution in [-0.2, 0) is 11.2 Å². The number of benzene rings is 2. The summed E-state index contributed by atoms with van der Waals surface area (Å²) in [6.07, 6.45) is 1.97. The van der Waals surface area contributed by atoms with Crippen LogP contribution in [0.15, 0.2) is 65.2 Å². The molecule has 0 unspecified atom stereocenters. The number of rotatable bonds is 1. The Balaban J connectivity index is 1.74. The van der Waals surface area contributed by atoms with E-state index in [0.29, 0.717) is 5.75 Å². The molecule has 1 aliphatic carbocycles. The fourth-order valence-corrected chi connectivity index (χ4v) is 4.77. The summed E-state index contributed by atoms with van der Waals surface area (Å²) in [5, 5.41) is 0.851. The number of amidine groups is 1. The topological polar surface area (TPSA) is 32.7 Å². The van der Waals surface area contributed by atoms with Gasteiger partial charge in [0.2, 0.25) is 5.91 Å². The summed E-state index contributed by atoms with van der Waals surface area (Å²) in [5.74, 6) is 0.655. The van der Waals surface area contributed by atoms with Crippen LogP contribution in [0.3, 0.4) is 0 Å². The van der Waals surface area contributed by atoms with Gasteiger partial charge in [-0.15, -0.1) is 0 Å². The molecule has 1 saturated heterocycles. The van der Waals surface area contributed by atoms with Gasteiger partial charge in [0.15, 0.2) is 5.17 Å². The molecule has 2 aromatic carbocycles. The van der Waals surface area contributed by atoms with E-state index in [1.165, 1.54) is 22.3 Å². The average Bonchev–Trinajstić information content (AvgIpc) is 3.01. The van der Waals surface area contributed by atoms with Crippen molar-refractivity contribution in [3.63, 3.8) is 0 Å². The zero-order chi connectivity index (χ0) is 16.1. The van der Waals surface area contributed by atoms with E-state index in [1.54, 1.807) is 11.8 Å². The molecule has 0 bridgehead atoms. The SMILES string of the molecule is O=C1CSC2=NC3=C(CCc4ccccc43)[C@H](c3ccccc3)N12.